The topological polar surface area (TPSA) is 101 Å². The first-order valence-electron chi connectivity index (χ1n) is 7.87. The fourth-order valence-corrected chi connectivity index (χ4v) is 2.88. The van der Waals surface area contributed by atoms with Gasteiger partial charge in [0.1, 0.15) is 22.9 Å². The van der Waals surface area contributed by atoms with Crippen LogP contribution in [0.2, 0.25) is 5.02 Å². The van der Waals surface area contributed by atoms with Gasteiger partial charge in [0.15, 0.2) is 0 Å². The van der Waals surface area contributed by atoms with Crippen molar-refractivity contribution in [2.45, 2.75) is 19.3 Å². The fourth-order valence-electron chi connectivity index (χ4n) is 2.69. The normalized spacial score (nSPS) is 14.2. The lowest BCUT2D eigenvalue weighted by Crippen LogP contribution is -2.30. The van der Waals surface area contributed by atoms with Crippen LogP contribution in [0.15, 0.2) is 30.6 Å². The maximum Gasteiger partial charge on any atom is 0.289 e. The van der Waals surface area contributed by atoms with E-state index in [2.05, 4.69) is 20.2 Å². The Bertz CT molecular complexity index is 808. The predicted octanol–water partition coefficient (Wildman–Crippen LogP) is 3.28. The van der Waals surface area contributed by atoms with E-state index in [0.717, 1.165) is 25.9 Å². The number of piperidine rings is 1. The SMILES string of the molecule is O=C(Nc1ccc(Cl)c([N+](=O)[O-])c1)c1cc(N2CCCCC2)ncn1. The van der Waals surface area contributed by atoms with Crippen molar-refractivity contribution in [1.82, 2.24) is 9.97 Å². The van der Waals surface area contributed by atoms with E-state index < -0.39 is 10.8 Å². The quantitative estimate of drug-likeness (QED) is 0.662. The molecule has 1 aromatic carbocycles. The van der Waals surface area contributed by atoms with Crippen LogP contribution in [-0.2, 0) is 0 Å². The maximum atomic E-state index is 12.4. The van der Waals surface area contributed by atoms with Crippen molar-refractivity contribution in [1.29, 1.82) is 0 Å². The summed E-state index contributed by atoms with van der Waals surface area (Å²) in [5.74, 6) is 0.249. The van der Waals surface area contributed by atoms with Crippen LogP contribution in [0.4, 0.5) is 17.2 Å². The zero-order valence-corrected chi connectivity index (χ0v) is 14.1. The third-order valence-corrected chi connectivity index (χ3v) is 4.29. The first-order valence-corrected chi connectivity index (χ1v) is 8.24. The van der Waals surface area contributed by atoms with Crippen molar-refractivity contribution in [2.24, 2.45) is 0 Å². The number of anilines is 2. The summed E-state index contributed by atoms with van der Waals surface area (Å²) in [6, 6.07) is 5.71. The number of amides is 1. The summed E-state index contributed by atoms with van der Waals surface area (Å²) in [5.41, 5.74) is 0.212. The minimum absolute atomic E-state index is 0.0115. The summed E-state index contributed by atoms with van der Waals surface area (Å²) in [6.07, 6.45) is 4.74. The van der Waals surface area contributed by atoms with Gasteiger partial charge in [-0.1, -0.05) is 11.6 Å². The number of nitrogens with zero attached hydrogens (tertiary/aromatic N) is 4. The molecule has 1 aliphatic heterocycles. The highest BCUT2D eigenvalue weighted by atomic mass is 35.5. The van der Waals surface area contributed by atoms with E-state index in [1.807, 2.05) is 0 Å². The van der Waals surface area contributed by atoms with E-state index in [1.165, 1.54) is 30.9 Å². The first kappa shape index (κ1) is 17.1. The van der Waals surface area contributed by atoms with Crippen LogP contribution in [0.5, 0.6) is 0 Å². The van der Waals surface area contributed by atoms with E-state index in [-0.39, 0.29) is 22.1 Å². The van der Waals surface area contributed by atoms with Crippen LogP contribution in [-0.4, -0.2) is 33.9 Å². The average molecular weight is 362 g/mol. The highest BCUT2D eigenvalue weighted by Crippen LogP contribution is 2.27. The molecule has 0 saturated carbocycles. The zero-order valence-electron chi connectivity index (χ0n) is 13.3. The number of benzene rings is 1. The molecule has 8 nitrogen and oxygen atoms in total. The summed E-state index contributed by atoms with van der Waals surface area (Å²) in [6.45, 7) is 1.81. The highest BCUT2D eigenvalue weighted by molar-refractivity contribution is 6.32. The van der Waals surface area contributed by atoms with Gasteiger partial charge in [0, 0.05) is 30.9 Å². The van der Waals surface area contributed by atoms with Gasteiger partial charge in [-0.05, 0) is 31.4 Å². The predicted molar refractivity (Wildman–Crippen MR) is 94.2 cm³/mol. The molecular formula is C16H16ClN5O3. The lowest BCUT2D eigenvalue weighted by Gasteiger charge is -2.27. The molecule has 25 heavy (non-hydrogen) atoms. The summed E-state index contributed by atoms with van der Waals surface area (Å²) in [5, 5.41) is 13.5. The van der Waals surface area contributed by atoms with Crippen LogP contribution in [0.1, 0.15) is 29.8 Å². The molecule has 0 atom stereocenters. The minimum atomic E-state index is -0.600. The van der Waals surface area contributed by atoms with Gasteiger partial charge in [-0.2, -0.15) is 0 Å². The van der Waals surface area contributed by atoms with Crippen LogP contribution < -0.4 is 10.2 Å². The van der Waals surface area contributed by atoms with Gasteiger partial charge in [-0.25, -0.2) is 9.97 Å². The molecule has 1 aromatic heterocycles. The van der Waals surface area contributed by atoms with Crippen molar-refractivity contribution < 1.29 is 9.72 Å². The molecule has 1 saturated heterocycles. The van der Waals surface area contributed by atoms with Gasteiger partial charge in [-0.3, -0.25) is 14.9 Å². The number of carbonyl (C=O) groups is 1. The fraction of sp³-hybridized carbons (Fsp3) is 0.312. The Morgan fingerprint density at radius 2 is 1.96 bits per heavy atom. The molecule has 0 radical (unpaired) electrons. The smallest absolute Gasteiger partial charge is 0.289 e. The molecule has 0 unspecified atom stereocenters. The number of hydrogen-bond acceptors (Lipinski definition) is 6. The molecule has 3 rings (SSSR count). The Balaban J connectivity index is 1.77. The first-order chi connectivity index (χ1) is 12.0. The second kappa shape index (κ2) is 7.43. The van der Waals surface area contributed by atoms with Crippen molar-refractivity contribution >= 4 is 34.7 Å². The van der Waals surface area contributed by atoms with Gasteiger partial charge in [0.2, 0.25) is 0 Å². The van der Waals surface area contributed by atoms with Crippen LogP contribution in [0.25, 0.3) is 0 Å². The van der Waals surface area contributed by atoms with E-state index in [9.17, 15) is 14.9 Å². The number of nitro groups is 1. The van der Waals surface area contributed by atoms with Gasteiger partial charge in [0.05, 0.1) is 4.92 Å². The minimum Gasteiger partial charge on any atom is -0.357 e. The Hall–Kier alpha value is -2.74. The van der Waals surface area contributed by atoms with E-state index >= 15 is 0 Å². The largest absolute Gasteiger partial charge is 0.357 e. The summed E-state index contributed by atoms with van der Waals surface area (Å²) in [4.78, 5) is 33.1. The van der Waals surface area contributed by atoms with E-state index in [4.69, 9.17) is 11.6 Å². The zero-order chi connectivity index (χ0) is 17.8. The monoisotopic (exact) mass is 361 g/mol. The van der Waals surface area contributed by atoms with Gasteiger partial charge >= 0.3 is 0 Å². The summed E-state index contributed by atoms with van der Waals surface area (Å²) < 4.78 is 0. The molecule has 1 fully saturated rings. The Morgan fingerprint density at radius 3 is 2.68 bits per heavy atom. The van der Waals surface area contributed by atoms with Crippen molar-refractivity contribution in [3.63, 3.8) is 0 Å². The lowest BCUT2D eigenvalue weighted by molar-refractivity contribution is -0.384. The second-order valence-electron chi connectivity index (χ2n) is 5.69. The Morgan fingerprint density at radius 1 is 1.20 bits per heavy atom. The van der Waals surface area contributed by atoms with Crippen LogP contribution in [0, 0.1) is 10.1 Å². The molecule has 9 heteroatoms. The van der Waals surface area contributed by atoms with Crippen molar-refractivity contribution in [3.8, 4) is 0 Å². The molecule has 2 aromatic rings. The number of nitro benzene ring substituents is 1. The summed E-state index contributed by atoms with van der Waals surface area (Å²) in [7, 11) is 0. The molecule has 1 N–H and O–H groups in total. The number of rotatable bonds is 4. The highest BCUT2D eigenvalue weighted by Gasteiger charge is 2.17. The molecule has 0 bridgehead atoms. The second-order valence-corrected chi connectivity index (χ2v) is 6.09. The molecule has 1 amide bonds. The molecule has 0 aliphatic carbocycles. The van der Waals surface area contributed by atoms with Crippen LogP contribution >= 0.6 is 11.6 Å². The maximum absolute atomic E-state index is 12.4. The van der Waals surface area contributed by atoms with Crippen molar-refractivity contribution in [2.75, 3.05) is 23.3 Å². The standard InChI is InChI=1S/C16H16ClN5O3/c17-12-5-4-11(8-14(12)22(24)25)20-16(23)13-9-15(19-10-18-13)21-6-2-1-3-7-21/h4-5,8-10H,1-3,6-7H2,(H,20,23). The number of halogens is 1. The number of carbonyl (C=O) groups excluding carboxylic acids is 1. The number of hydrogen-bond donors (Lipinski definition) is 1. The number of nitrogens with one attached hydrogen (secondary N) is 1. The van der Waals surface area contributed by atoms with Gasteiger partial charge in [-0.15, -0.1) is 0 Å². The molecule has 1 aliphatic rings. The Kier molecular flexibility index (Phi) is 5.08. The number of aromatic nitrogens is 2. The molecule has 130 valence electrons. The summed E-state index contributed by atoms with van der Waals surface area (Å²) >= 11 is 5.77. The molecule has 2 heterocycles. The van der Waals surface area contributed by atoms with Crippen molar-refractivity contribution in [3.05, 3.63) is 51.4 Å². The van der Waals surface area contributed by atoms with Gasteiger partial charge < -0.3 is 10.2 Å². The van der Waals surface area contributed by atoms with Gasteiger partial charge in [0.25, 0.3) is 11.6 Å². The van der Waals surface area contributed by atoms with E-state index in [1.54, 1.807) is 6.07 Å². The third-order valence-electron chi connectivity index (χ3n) is 3.97. The lowest BCUT2D eigenvalue weighted by atomic mass is 10.1. The Labute approximate surface area is 149 Å². The van der Waals surface area contributed by atoms with E-state index in [0.29, 0.717) is 5.82 Å². The molecule has 0 spiro atoms. The molecular weight excluding hydrogens is 346 g/mol. The van der Waals surface area contributed by atoms with Crippen LogP contribution in [0.3, 0.4) is 0 Å². The average Bonchev–Trinajstić information content (AvgIpc) is 2.64. The third kappa shape index (κ3) is 4.03.